The Morgan fingerprint density at radius 3 is 3.00 bits per heavy atom. The number of hydrogen-bond donors (Lipinski definition) is 1. The van der Waals surface area contributed by atoms with Crippen LogP contribution < -0.4 is 4.72 Å². The molecule has 1 aromatic rings. The lowest BCUT2D eigenvalue weighted by atomic mass is 10.00. The minimum atomic E-state index is -3.70. The summed E-state index contributed by atoms with van der Waals surface area (Å²) in [5.41, 5.74) is -0.0523. The van der Waals surface area contributed by atoms with Crippen molar-refractivity contribution in [1.82, 2.24) is 14.6 Å². The number of sulfonamides is 1. The van der Waals surface area contributed by atoms with Gasteiger partial charge in [-0.15, -0.1) is 0 Å². The van der Waals surface area contributed by atoms with Crippen LogP contribution in [-0.2, 0) is 10.0 Å². The van der Waals surface area contributed by atoms with Crippen molar-refractivity contribution in [2.24, 2.45) is 0 Å². The van der Waals surface area contributed by atoms with Crippen molar-refractivity contribution in [2.75, 3.05) is 13.1 Å². The molecule has 0 bridgehead atoms. The Morgan fingerprint density at radius 2 is 2.19 bits per heavy atom. The smallest absolute Gasteiger partial charge is 0.243 e. The predicted molar refractivity (Wildman–Crippen MR) is 76.9 cm³/mol. The van der Waals surface area contributed by atoms with Crippen LogP contribution in [0.3, 0.4) is 0 Å². The number of aromatic nitrogens is 1. The maximum atomic E-state index is 12.5. The molecule has 21 heavy (non-hydrogen) atoms. The van der Waals surface area contributed by atoms with E-state index >= 15 is 0 Å². The molecule has 0 aliphatic carbocycles. The van der Waals surface area contributed by atoms with E-state index in [1.54, 1.807) is 0 Å². The second-order valence-corrected chi connectivity index (χ2v) is 7.26. The fourth-order valence-electron chi connectivity index (χ4n) is 3.34. The molecule has 0 aromatic carbocycles. The molecule has 112 valence electrons. The van der Waals surface area contributed by atoms with Crippen molar-refractivity contribution in [3.8, 4) is 6.07 Å². The van der Waals surface area contributed by atoms with Crippen LogP contribution in [0.15, 0.2) is 23.2 Å². The third-order valence-corrected chi connectivity index (χ3v) is 5.85. The van der Waals surface area contributed by atoms with Crippen LogP contribution in [0.5, 0.6) is 0 Å². The zero-order valence-corrected chi connectivity index (χ0v) is 12.5. The van der Waals surface area contributed by atoms with Gasteiger partial charge in [0.2, 0.25) is 10.0 Å². The Bertz CT molecular complexity index is 668. The molecule has 6 nitrogen and oxygen atoms in total. The van der Waals surface area contributed by atoms with Crippen LogP contribution >= 0.6 is 0 Å². The van der Waals surface area contributed by atoms with Crippen molar-refractivity contribution in [2.45, 2.75) is 42.7 Å². The lowest BCUT2D eigenvalue weighted by molar-refractivity contribution is 0.186. The summed E-state index contributed by atoms with van der Waals surface area (Å²) in [5.74, 6) is 0. The van der Waals surface area contributed by atoms with Crippen LogP contribution in [0.2, 0.25) is 0 Å². The van der Waals surface area contributed by atoms with Crippen molar-refractivity contribution in [3.63, 3.8) is 0 Å². The van der Waals surface area contributed by atoms with Crippen LogP contribution in [0, 0.1) is 11.3 Å². The lowest BCUT2D eigenvalue weighted by Crippen LogP contribution is -2.46. The minimum absolute atomic E-state index is 0.0261. The molecule has 2 aliphatic rings. The highest BCUT2D eigenvalue weighted by Gasteiger charge is 2.38. The summed E-state index contributed by atoms with van der Waals surface area (Å²) in [7, 11) is -3.70. The van der Waals surface area contributed by atoms with E-state index in [0.717, 1.165) is 32.4 Å². The first-order valence-electron chi connectivity index (χ1n) is 7.23. The number of nitriles is 1. The van der Waals surface area contributed by atoms with Gasteiger partial charge in [-0.2, -0.15) is 5.26 Å². The first kappa shape index (κ1) is 14.4. The fourth-order valence-corrected chi connectivity index (χ4v) is 4.75. The van der Waals surface area contributed by atoms with Crippen LogP contribution in [0.1, 0.15) is 31.4 Å². The molecular formula is C14H18N4O2S. The van der Waals surface area contributed by atoms with Gasteiger partial charge in [-0.3, -0.25) is 4.90 Å². The highest BCUT2D eigenvalue weighted by atomic mass is 32.2. The summed E-state index contributed by atoms with van der Waals surface area (Å²) in [6.45, 7) is 2.00. The van der Waals surface area contributed by atoms with Crippen molar-refractivity contribution in [3.05, 3.63) is 24.0 Å². The largest absolute Gasteiger partial charge is 0.299 e. The molecule has 7 heteroatoms. The summed E-state index contributed by atoms with van der Waals surface area (Å²) in [6.07, 6.45) is 5.63. The number of pyridine rings is 1. The molecule has 0 amide bonds. The highest BCUT2D eigenvalue weighted by molar-refractivity contribution is 7.89. The Kier molecular flexibility index (Phi) is 3.93. The molecule has 0 radical (unpaired) electrons. The first-order chi connectivity index (χ1) is 10.1. The molecule has 0 saturated carbocycles. The molecule has 2 saturated heterocycles. The molecule has 1 aromatic heterocycles. The molecule has 2 atom stereocenters. The second kappa shape index (κ2) is 5.72. The third-order valence-electron chi connectivity index (χ3n) is 4.33. The summed E-state index contributed by atoms with van der Waals surface area (Å²) < 4.78 is 27.8. The molecule has 3 rings (SSSR count). The van der Waals surface area contributed by atoms with Crippen molar-refractivity contribution in [1.29, 1.82) is 5.26 Å². The maximum absolute atomic E-state index is 12.5. The van der Waals surface area contributed by atoms with Crippen molar-refractivity contribution < 1.29 is 8.42 Å². The van der Waals surface area contributed by atoms with Gasteiger partial charge in [-0.05, 0) is 37.9 Å². The Hall–Kier alpha value is -1.49. The molecule has 1 N–H and O–H groups in total. The first-order valence-corrected chi connectivity index (χ1v) is 8.71. The summed E-state index contributed by atoms with van der Waals surface area (Å²) in [4.78, 5) is 6.17. The van der Waals surface area contributed by atoms with Gasteiger partial charge >= 0.3 is 0 Å². The zero-order chi connectivity index (χ0) is 14.9. The molecule has 3 heterocycles. The van der Waals surface area contributed by atoms with E-state index in [1.807, 2.05) is 6.07 Å². The van der Waals surface area contributed by atoms with Gasteiger partial charge < -0.3 is 0 Å². The third kappa shape index (κ3) is 2.79. The lowest BCUT2D eigenvalue weighted by Gasteiger charge is -2.32. The van der Waals surface area contributed by atoms with Gasteiger partial charge in [-0.1, -0.05) is 6.42 Å². The van der Waals surface area contributed by atoms with E-state index in [2.05, 4.69) is 14.6 Å². The minimum Gasteiger partial charge on any atom is -0.299 e. The number of rotatable bonds is 3. The van der Waals surface area contributed by atoms with E-state index in [9.17, 15) is 8.42 Å². The second-order valence-electron chi connectivity index (χ2n) is 5.58. The fraction of sp³-hybridized carbons (Fsp3) is 0.571. The van der Waals surface area contributed by atoms with Crippen LogP contribution in [-0.4, -0.2) is 43.5 Å². The van der Waals surface area contributed by atoms with Gasteiger partial charge in [0.1, 0.15) is 11.0 Å². The summed E-state index contributed by atoms with van der Waals surface area (Å²) in [5, 5.41) is 9.02. The number of nitrogens with zero attached hydrogens (tertiary/aromatic N) is 3. The van der Waals surface area contributed by atoms with E-state index in [1.165, 1.54) is 24.8 Å². The Labute approximate surface area is 124 Å². The number of piperidine rings is 1. The van der Waals surface area contributed by atoms with Gasteiger partial charge in [-0.25, -0.2) is 18.1 Å². The van der Waals surface area contributed by atoms with Gasteiger partial charge in [0.25, 0.3) is 0 Å². The average molecular weight is 306 g/mol. The molecule has 0 spiro atoms. The number of hydrogen-bond acceptors (Lipinski definition) is 5. The predicted octanol–water partition coefficient (Wildman–Crippen LogP) is 0.858. The SMILES string of the molecule is N#Cc1ncccc1S(=O)(=O)NC1CCN2CCCCC12. The zero-order valence-electron chi connectivity index (χ0n) is 11.7. The number of nitrogens with one attached hydrogen (secondary N) is 1. The van der Waals surface area contributed by atoms with E-state index in [0.29, 0.717) is 0 Å². The van der Waals surface area contributed by atoms with Gasteiger partial charge in [0.15, 0.2) is 5.69 Å². The summed E-state index contributed by atoms with van der Waals surface area (Å²) >= 11 is 0. The average Bonchev–Trinajstić information content (AvgIpc) is 2.90. The van der Waals surface area contributed by atoms with Crippen molar-refractivity contribution >= 4 is 10.0 Å². The standard InChI is InChI=1S/C14H18N4O2S/c15-10-12-14(5-3-7-16-12)21(19,20)17-11-6-9-18-8-2-1-4-13(11)18/h3,5,7,11,13,17H,1-2,4,6,8-9H2. The monoisotopic (exact) mass is 306 g/mol. The molecular weight excluding hydrogens is 288 g/mol. The highest BCUT2D eigenvalue weighted by Crippen LogP contribution is 2.28. The van der Waals surface area contributed by atoms with Gasteiger partial charge in [0.05, 0.1) is 0 Å². The van der Waals surface area contributed by atoms with E-state index in [4.69, 9.17) is 5.26 Å². The Balaban J connectivity index is 1.82. The quantitative estimate of drug-likeness (QED) is 0.895. The van der Waals surface area contributed by atoms with Crippen LogP contribution in [0.25, 0.3) is 0 Å². The van der Waals surface area contributed by atoms with E-state index < -0.39 is 10.0 Å². The van der Waals surface area contributed by atoms with E-state index in [-0.39, 0.29) is 22.7 Å². The normalized spacial score (nSPS) is 26.2. The maximum Gasteiger partial charge on any atom is 0.243 e. The summed E-state index contributed by atoms with van der Waals surface area (Å²) in [6, 6.07) is 5.03. The molecule has 2 fully saturated rings. The Morgan fingerprint density at radius 1 is 1.33 bits per heavy atom. The molecule has 2 aliphatic heterocycles. The van der Waals surface area contributed by atoms with Crippen LogP contribution in [0.4, 0.5) is 0 Å². The topological polar surface area (TPSA) is 86.1 Å². The molecule has 2 unspecified atom stereocenters. The van der Waals surface area contributed by atoms with Gasteiger partial charge in [0, 0.05) is 24.8 Å². The number of fused-ring (bicyclic) bond motifs is 1.